The number of nitrogens with one attached hydrogen (secondary N) is 1. The maximum atomic E-state index is 13.5. The molecule has 5 heteroatoms. The summed E-state index contributed by atoms with van der Waals surface area (Å²) in [5.41, 5.74) is 8.01. The minimum absolute atomic E-state index is 0. The van der Waals surface area contributed by atoms with E-state index in [2.05, 4.69) is 41.7 Å². The monoisotopic (exact) mass is 345 g/mol. The summed E-state index contributed by atoms with van der Waals surface area (Å²) in [5.74, 6) is -0.147. The Morgan fingerprint density at radius 3 is 2.83 bits per heavy atom. The molecule has 0 saturated heterocycles. The molecule has 1 unspecified atom stereocenters. The van der Waals surface area contributed by atoms with Gasteiger partial charge in [-0.25, -0.2) is 4.39 Å². The van der Waals surface area contributed by atoms with E-state index in [9.17, 15) is 4.39 Å². The van der Waals surface area contributed by atoms with Crippen molar-refractivity contribution >= 4 is 29.1 Å². The van der Waals surface area contributed by atoms with Gasteiger partial charge < -0.3 is 9.88 Å². The average molecular weight is 346 g/mol. The molecule has 2 aromatic heterocycles. The number of fused-ring (bicyclic) bond motifs is 2. The molecule has 0 aliphatic carbocycles. The lowest BCUT2D eigenvalue weighted by Gasteiger charge is -2.37. The summed E-state index contributed by atoms with van der Waals surface area (Å²) in [7, 11) is 0. The van der Waals surface area contributed by atoms with Crippen LogP contribution in [0.1, 0.15) is 35.3 Å². The third kappa shape index (κ3) is 2.46. The van der Waals surface area contributed by atoms with Gasteiger partial charge in [0.1, 0.15) is 5.82 Å². The molecule has 4 rings (SSSR count). The maximum absolute atomic E-state index is 13.5. The number of rotatable bonds is 1. The Labute approximate surface area is 147 Å². The maximum Gasteiger partial charge on any atom is 0.123 e. The number of halogens is 2. The first-order valence-corrected chi connectivity index (χ1v) is 8.05. The first kappa shape index (κ1) is 16.8. The summed E-state index contributed by atoms with van der Waals surface area (Å²) >= 11 is 0. The molecule has 0 fully saturated rings. The van der Waals surface area contributed by atoms with E-state index in [-0.39, 0.29) is 24.3 Å². The van der Waals surface area contributed by atoms with Gasteiger partial charge in [0.25, 0.3) is 0 Å². The third-order valence-electron chi connectivity index (χ3n) is 5.11. The van der Waals surface area contributed by atoms with Gasteiger partial charge in [-0.1, -0.05) is 6.07 Å². The highest BCUT2D eigenvalue weighted by Crippen LogP contribution is 2.37. The number of benzene rings is 1. The largest absolute Gasteiger partial charge is 0.363 e. The zero-order valence-corrected chi connectivity index (χ0v) is 14.9. The highest BCUT2D eigenvalue weighted by atomic mass is 35.5. The minimum Gasteiger partial charge on any atom is -0.363 e. The van der Waals surface area contributed by atoms with Gasteiger partial charge in [-0.3, -0.25) is 4.98 Å². The van der Waals surface area contributed by atoms with Crippen LogP contribution in [0, 0.1) is 19.7 Å². The van der Waals surface area contributed by atoms with Crippen molar-refractivity contribution in [1.29, 1.82) is 0 Å². The van der Waals surface area contributed by atoms with Gasteiger partial charge in [0.05, 0.1) is 22.8 Å². The quantitative estimate of drug-likeness (QED) is 0.682. The fraction of sp³-hybridized carbons (Fsp3) is 0.316. The molecule has 3 heterocycles. The second-order valence-corrected chi connectivity index (χ2v) is 6.39. The Kier molecular flexibility index (Phi) is 4.26. The van der Waals surface area contributed by atoms with E-state index in [0.717, 1.165) is 35.3 Å². The lowest BCUT2D eigenvalue weighted by molar-refractivity contribution is 0.598. The van der Waals surface area contributed by atoms with Crippen molar-refractivity contribution in [2.75, 3.05) is 11.4 Å². The van der Waals surface area contributed by atoms with Crippen molar-refractivity contribution in [3.05, 3.63) is 58.7 Å². The summed E-state index contributed by atoms with van der Waals surface area (Å²) in [6.45, 7) is 7.25. The molecule has 0 spiro atoms. The number of pyridine rings is 1. The first-order chi connectivity index (χ1) is 11.1. The number of nitrogens with zero attached hydrogens (tertiary/aromatic N) is 2. The van der Waals surface area contributed by atoms with Crippen molar-refractivity contribution < 1.29 is 4.39 Å². The first-order valence-electron chi connectivity index (χ1n) is 8.05. The highest BCUT2D eigenvalue weighted by molar-refractivity contribution is 5.91. The SMILES string of the molecule is Cc1[nH]c2c(N3CCc4cc(F)ccc4C3C)ccnc2c1C.Cl. The van der Waals surface area contributed by atoms with Crippen LogP contribution in [0.5, 0.6) is 0 Å². The lowest BCUT2D eigenvalue weighted by Crippen LogP contribution is -2.34. The number of hydrogen-bond acceptors (Lipinski definition) is 2. The molecule has 1 aromatic carbocycles. The van der Waals surface area contributed by atoms with E-state index in [0.29, 0.717) is 0 Å². The normalized spacial score (nSPS) is 16.8. The number of aryl methyl sites for hydroxylation is 2. The molecule has 3 nitrogen and oxygen atoms in total. The number of aromatic amines is 1. The van der Waals surface area contributed by atoms with E-state index < -0.39 is 0 Å². The molecule has 1 N–H and O–H groups in total. The third-order valence-corrected chi connectivity index (χ3v) is 5.11. The fourth-order valence-electron chi connectivity index (χ4n) is 3.69. The van der Waals surface area contributed by atoms with Crippen LogP contribution < -0.4 is 4.90 Å². The Morgan fingerprint density at radius 1 is 1.25 bits per heavy atom. The fourth-order valence-corrected chi connectivity index (χ4v) is 3.69. The number of hydrogen-bond donors (Lipinski definition) is 1. The van der Waals surface area contributed by atoms with Crippen LogP contribution in [-0.4, -0.2) is 16.5 Å². The molecule has 1 aliphatic heterocycles. The Bertz CT molecular complexity index is 903. The van der Waals surface area contributed by atoms with E-state index in [1.165, 1.54) is 16.8 Å². The molecule has 126 valence electrons. The van der Waals surface area contributed by atoms with E-state index >= 15 is 0 Å². The molecule has 1 aliphatic rings. The summed E-state index contributed by atoms with van der Waals surface area (Å²) in [4.78, 5) is 10.4. The van der Waals surface area contributed by atoms with Crippen LogP contribution in [0.15, 0.2) is 30.5 Å². The van der Waals surface area contributed by atoms with Gasteiger partial charge in [0, 0.05) is 18.4 Å². The zero-order chi connectivity index (χ0) is 16.1. The van der Waals surface area contributed by atoms with Crippen molar-refractivity contribution in [2.24, 2.45) is 0 Å². The molecule has 0 saturated carbocycles. The standard InChI is InChI=1S/C19H20FN3.ClH/c1-11-12(2)22-19-17(6-8-21-18(11)19)23-9-7-14-10-15(20)4-5-16(14)13(23)3;/h4-6,8,10,13,22H,7,9H2,1-3H3;1H. The summed E-state index contributed by atoms with van der Waals surface area (Å²) in [6, 6.07) is 7.44. The summed E-state index contributed by atoms with van der Waals surface area (Å²) in [6.07, 6.45) is 2.74. The second-order valence-electron chi connectivity index (χ2n) is 6.39. The predicted molar refractivity (Wildman–Crippen MR) is 98.7 cm³/mol. The second kappa shape index (κ2) is 6.10. The molecule has 0 bridgehead atoms. The van der Waals surface area contributed by atoms with Crippen LogP contribution in [0.3, 0.4) is 0 Å². The molecule has 0 amide bonds. The van der Waals surface area contributed by atoms with Crippen LogP contribution in [0.2, 0.25) is 0 Å². The van der Waals surface area contributed by atoms with Crippen LogP contribution in [0.4, 0.5) is 10.1 Å². The Hall–Kier alpha value is -2.07. The van der Waals surface area contributed by atoms with Crippen molar-refractivity contribution in [3.8, 4) is 0 Å². The number of anilines is 1. The van der Waals surface area contributed by atoms with Gasteiger partial charge >= 0.3 is 0 Å². The van der Waals surface area contributed by atoms with E-state index in [1.54, 1.807) is 12.1 Å². The summed E-state index contributed by atoms with van der Waals surface area (Å²) in [5, 5.41) is 0. The molecular weight excluding hydrogens is 325 g/mol. The minimum atomic E-state index is -0.147. The molecule has 0 radical (unpaired) electrons. The van der Waals surface area contributed by atoms with Crippen LogP contribution >= 0.6 is 12.4 Å². The molecule has 24 heavy (non-hydrogen) atoms. The zero-order valence-electron chi connectivity index (χ0n) is 14.1. The number of aromatic nitrogens is 2. The average Bonchev–Trinajstić information content (AvgIpc) is 2.83. The van der Waals surface area contributed by atoms with Crippen molar-refractivity contribution in [3.63, 3.8) is 0 Å². The van der Waals surface area contributed by atoms with Gasteiger partial charge in [0.2, 0.25) is 0 Å². The lowest BCUT2D eigenvalue weighted by atomic mass is 9.93. The van der Waals surface area contributed by atoms with Crippen molar-refractivity contribution in [1.82, 2.24) is 9.97 Å². The van der Waals surface area contributed by atoms with Gasteiger partial charge in [-0.2, -0.15) is 0 Å². The molecule has 1 atom stereocenters. The Balaban J connectivity index is 0.00000169. The van der Waals surface area contributed by atoms with Gasteiger partial charge in [-0.15, -0.1) is 12.4 Å². The molecule has 3 aromatic rings. The highest BCUT2D eigenvalue weighted by Gasteiger charge is 2.26. The van der Waals surface area contributed by atoms with E-state index in [1.807, 2.05) is 12.3 Å². The van der Waals surface area contributed by atoms with Crippen LogP contribution in [-0.2, 0) is 6.42 Å². The smallest absolute Gasteiger partial charge is 0.123 e. The van der Waals surface area contributed by atoms with Gasteiger partial charge in [0.15, 0.2) is 0 Å². The van der Waals surface area contributed by atoms with Crippen molar-refractivity contribution in [2.45, 2.75) is 33.2 Å². The van der Waals surface area contributed by atoms with E-state index in [4.69, 9.17) is 0 Å². The summed E-state index contributed by atoms with van der Waals surface area (Å²) < 4.78 is 13.5. The van der Waals surface area contributed by atoms with Gasteiger partial charge in [-0.05, 0) is 62.1 Å². The molecular formula is C19H21ClFN3. The van der Waals surface area contributed by atoms with Crippen LogP contribution in [0.25, 0.3) is 11.0 Å². The number of H-pyrrole nitrogens is 1. The topological polar surface area (TPSA) is 31.9 Å². The Morgan fingerprint density at radius 2 is 2.04 bits per heavy atom. The predicted octanol–water partition coefficient (Wildman–Crippen LogP) is 4.86.